The Bertz CT molecular complexity index is 424. The molecule has 1 rings (SSSR count). The van der Waals surface area contributed by atoms with Crippen molar-refractivity contribution in [2.75, 3.05) is 0 Å². The fourth-order valence-electron chi connectivity index (χ4n) is 1.56. The van der Waals surface area contributed by atoms with E-state index in [1.54, 1.807) is 13.0 Å². The van der Waals surface area contributed by atoms with Crippen molar-refractivity contribution in [2.24, 2.45) is 5.41 Å². The van der Waals surface area contributed by atoms with Crippen LogP contribution in [0.4, 0.5) is 5.69 Å². The normalized spacial score (nSPS) is 13.5. The van der Waals surface area contributed by atoms with Crippen LogP contribution in [0.25, 0.3) is 0 Å². The zero-order valence-corrected chi connectivity index (χ0v) is 12.2. The minimum atomic E-state index is -0.339. The summed E-state index contributed by atoms with van der Waals surface area (Å²) in [5.41, 5.74) is 2.22. The number of halogens is 1. The Balaban J connectivity index is 2.88. The van der Waals surface area contributed by atoms with E-state index in [1.807, 2.05) is 12.1 Å². The molecule has 94 valence electrons. The molecule has 0 saturated carbocycles. The van der Waals surface area contributed by atoms with E-state index in [0.717, 1.165) is 17.5 Å². The number of hydrogen-bond acceptors (Lipinski definition) is 2. The van der Waals surface area contributed by atoms with Gasteiger partial charge in [0.05, 0.1) is 4.92 Å². The lowest BCUT2D eigenvalue weighted by atomic mass is 9.88. The molecule has 1 aromatic rings. The molecular weight excluding hydrogens is 282 g/mol. The lowest BCUT2D eigenvalue weighted by molar-refractivity contribution is -0.385. The maximum Gasteiger partial charge on any atom is 0.272 e. The summed E-state index contributed by atoms with van der Waals surface area (Å²) in [6.07, 6.45) is 0.877. The fourth-order valence-corrected chi connectivity index (χ4v) is 1.94. The van der Waals surface area contributed by atoms with E-state index in [-0.39, 0.29) is 16.0 Å². The highest BCUT2D eigenvalue weighted by atomic mass is 79.9. The topological polar surface area (TPSA) is 43.1 Å². The molecule has 1 unspecified atom stereocenters. The molecular formula is C13H18BrNO2. The van der Waals surface area contributed by atoms with Gasteiger partial charge in [-0.1, -0.05) is 42.8 Å². The summed E-state index contributed by atoms with van der Waals surface area (Å²) in [7, 11) is 0. The van der Waals surface area contributed by atoms with Gasteiger partial charge in [-0.2, -0.15) is 0 Å². The minimum Gasteiger partial charge on any atom is -0.258 e. The van der Waals surface area contributed by atoms with Crippen molar-refractivity contribution >= 4 is 21.6 Å². The highest BCUT2D eigenvalue weighted by molar-refractivity contribution is 9.09. The standard InChI is InChI=1S/C13H18BrNO2/c1-9-7-10(5-6-11(9)15(16)17)8-12(14)13(2,3)4/h5-7,12H,8H2,1-4H3. The first-order chi connectivity index (χ1) is 7.71. The first-order valence-corrected chi connectivity index (χ1v) is 6.51. The van der Waals surface area contributed by atoms with Gasteiger partial charge in [0, 0.05) is 16.5 Å². The molecule has 1 aromatic carbocycles. The van der Waals surface area contributed by atoms with E-state index in [0.29, 0.717) is 4.83 Å². The largest absolute Gasteiger partial charge is 0.272 e. The van der Waals surface area contributed by atoms with E-state index < -0.39 is 0 Å². The SMILES string of the molecule is Cc1cc(CC(Br)C(C)(C)C)ccc1[N+](=O)[O-]. The molecule has 0 N–H and O–H groups in total. The van der Waals surface area contributed by atoms with E-state index in [1.165, 1.54) is 0 Å². The number of hydrogen-bond donors (Lipinski definition) is 0. The van der Waals surface area contributed by atoms with E-state index >= 15 is 0 Å². The second-order valence-corrected chi connectivity index (χ2v) is 6.52. The first kappa shape index (κ1) is 14.2. The van der Waals surface area contributed by atoms with Gasteiger partial charge < -0.3 is 0 Å². The Morgan fingerprint density at radius 1 is 1.41 bits per heavy atom. The van der Waals surface area contributed by atoms with Gasteiger partial charge in [0.2, 0.25) is 0 Å². The van der Waals surface area contributed by atoms with Gasteiger partial charge in [-0.15, -0.1) is 0 Å². The van der Waals surface area contributed by atoms with Gasteiger partial charge in [0.1, 0.15) is 0 Å². The number of nitrogens with zero attached hydrogens (tertiary/aromatic N) is 1. The summed E-state index contributed by atoms with van der Waals surface area (Å²) >= 11 is 3.67. The third-order valence-electron chi connectivity index (χ3n) is 2.81. The molecule has 0 amide bonds. The average molecular weight is 300 g/mol. The molecule has 4 heteroatoms. The van der Waals surface area contributed by atoms with E-state index in [2.05, 4.69) is 36.7 Å². The van der Waals surface area contributed by atoms with Gasteiger partial charge >= 0.3 is 0 Å². The maximum atomic E-state index is 10.7. The molecule has 3 nitrogen and oxygen atoms in total. The van der Waals surface area contributed by atoms with Gasteiger partial charge in [-0.3, -0.25) is 10.1 Å². The van der Waals surface area contributed by atoms with Gasteiger partial charge in [0.25, 0.3) is 5.69 Å². The Kier molecular flexibility index (Phi) is 4.31. The third kappa shape index (κ3) is 3.80. The molecule has 0 aliphatic rings. The Labute approximate surface area is 111 Å². The second kappa shape index (κ2) is 5.17. The summed E-state index contributed by atoms with van der Waals surface area (Å²) in [5.74, 6) is 0. The molecule has 0 spiro atoms. The molecule has 0 aliphatic carbocycles. The van der Waals surface area contributed by atoms with Crippen LogP contribution in [0.2, 0.25) is 0 Å². The monoisotopic (exact) mass is 299 g/mol. The summed E-state index contributed by atoms with van der Waals surface area (Å²) in [5, 5.41) is 10.7. The van der Waals surface area contributed by atoms with Crippen molar-refractivity contribution in [1.29, 1.82) is 0 Å². The zero-order valence-electron chi connectivity index (χ0n) is 10.7. The number of aryl methyl sites for hydroxylation is 1. The van der Waals surface area contributed by atoms with E-state index in [4.69, 9.17) is 0 Å². The van der Waals surface area contributed by atoms with Gasteiger partial charge in [0.15, 0.2) is 0 Å². The Morgan fingerprint density at radius 3 is 2.41 bits per heavy atom. The van der Waals surface area contributed by atoms with Crippen LogP contribution in [0.15, 0.2) is 18.2 Å². The smallest absolute Gasteiger partial charge is 0.258 e. The summed E-state index contributed by atoms with van der Waals surface area (Å²) in [4.78, 5) is 10.7. The van der Waals surface area contributed by atoms with Crippen LogP contribution in [-0.4, -0.2) is 9.75 Å². The lowest BCUT2D eigenvalue weighted by Crippen LogP contribution is -2.22. The number of benzene rings is 1. The molecule has 0 heterocycles. The summed E-state index contributed by atoms with van der Waals surface area (Å²) in [6, 6.07) is 5.33. The highest BCUT2D eigenvalue weighted by Gasteiger charge is 2.22. The Morgan fingerprint density at radius 2 is 2.00 bits per heavy atom. The van der Waals surface area contributed by atoms with Crippen LogP contribution in [0.1, 0.15) is 31.9 Å². The quantitative estimate of drug-likeness (QED) is 0.475. The maximum absolute atomic E-state index is 10.7. The molecule has 17 heavy (non-hydrogen) atoms. The summed E-state index contributed by atoms with van der Waals surface area (Å²) < 4.78 is 0. The molecule has 0 aromatic heterocycles. The van der Waals surface area contributed by atoms with Crippen molar-refractivity contribution in [3.63, 3.8) is 0 Å². The van der Waals surface area contributed by atoms with Crippen molar-refractivity contribution in [3.8, 4) is 0 Å². The van der Waals surface area contributed by atoms with Crippen LogP contribution in [0.5, 0.6) is 0 Å². The predicted octanol–water partition coefficient (Wildman–Crippen LogP) is 4.26. The highest BCUT2D eigenvalue weighted by Crippen LogP contribution is 2.30. The number of rotatable bonds is 3. The van der Waals surface area contributed by atoms with Crippen LogP contribution in [-0.2, 0) is 6.42 Å². The minimum absolute atomic E-state index is 0.176. The average Bonchev–Trinajstić information content (AvgIpc) is 2.15. The van der Waals surface area contributed by atoms with Gasteiger partial charge in [-0.25, -0.2) is 0 Å². The van der Waals surface area contributed by atoms with Crippen LogP contribution < -0.4 is 0 Å². The fraction of sp³-hybridized carbons (Fsp3) is 0.538. The molecule has 0 radical (unpaired) electrons. The van der Waals surface area contributed by atoms with Crippen molar-refractivity contribution in [3.05, 3.63) is 39.4 Å². The zero-order chi connectivity index (χ0) is 13.2. The molecule has 0 fully saturated rings. The van der Waals surface area contributed by atoms with Gasteiger partial charge in [-0.05, 0) is 30.4 Å². The van der Waals surface area contributed by atoms with Crippen LogP contribution in [0.3, 0.4) is 0 Å². The second-order valence-electron chi connectivity index (χ2n) is 5.42. The molecule has 0 saturated heterocycles. The van der Waals surface area contributed by atoms with E-state index in [9.17, 15) is 10.1 Å². The molecule has 1 atom stereocenters. The van der Waals surface area contributed by atoms with Crippen molar-refractivity contribution in [1.82, 2.24) is 0 Å². The van der Waals surface area contributed by atoms with Crippen LogP contribution in [0, 0.1) is 22.5 Å². The Hall–Kier alpha value is -0.900. The number of nitro groups is 1. The first-order valence-electron chi connectivity index (χ1n) is 5.60. The molecule has 0 aliphatic heterocycles. The summed E-state index contributed by atoms with van der Waals surface area (Å²) in [6.45, 7) is 8.29. The predicted molar refractivity (Wildman–Crippen MR) is 73.7 cm³/mol. The van der Waals surface area contributed by atoms with Crippen molar-refractivity contribution < 1.29 is 4.92 Å². The van der Waals surface area contributed by atoms with Crippen LogP contribution >= 0.6 is 15.9 Å². The third-order valence-corrected chi connectivity index (χ3v) is 4.51. The number of nitro benzene ring substituents is 1. The van der Waals surface area contributed by atoms with Crippen molar-refractivity contribution in [2.45, 2.75) is 38.9 Å². The lowest BCUT2D eigenvalue weighted by Gasteiger charge is -2.25. The number of alkyl halides is 1. The molecule has 0 bridgehead atoms.